The Bertz CT molecular complexity index is 2670. The lowest BCUT2D eigenvalue weighted by Crippen LogP contribution is -2.71. The van der Waals surface area contributed by atoms with Crippen LogP contribution in [0.4, 0.5) is 0 Å². The first-order valence-corrected chi connectivity index (χ1v) is 32.5. The summed E-state index contributed by atoms with van der Waals surface area (Å²) < 4.78 is 82.4. The van der Waals surface area contributed by atoms with Crippen LogP contribution in [0.15, 0.2) is 0 Å². The summed E-state index contributed by atoms with van der Waals surface area (Å²) in [6, 6.07) is -5.83. The van der Waals surface area contributed by atoms with E-state index >= 15 is 0 Å². The summed E-state index contributed by atoms with van der Waals surface area (Å²) >= 11 is 0. The standard InChI is InChI=1S/C57H97N3O43/c1-14-30(74)38(82)41(85)52(92-14)102-49-40(84)34(78)23(10-65)94-55(49)100-46-29(60-17(4)69)51(96-26(35(46)79)13-91-57(56(88)89)5-18(70)27(58-15(2)67)47(103-57)32(76)20(72)7-62)101-48-36(80)25(97-54(43(48)87)98-44(21(73)8-63)31(75)19(71)6-61)12-90-50-28(59-16(3)68)37(81)45(24(11-66)95-50)99-53-42(86)39(83)33(77)22(9-64)93-53/h14,18-55,61-66,70-87H,5-13H2,1-4H3,(H,58,67)(H,59,68)(H,60,69)(H,88,89)/t14-,18-,19-,20+,21+,22+,23+,24+,25+,26+,27+,28+,29+,30+,31+,32+,33-,34-,35+,36-,37+,38+,39-,40-,41-,42+,43+,44+,45+,46+,47+,48-,49+,50+,51-,52-,53-,54-,55-,57+/m0/s1. The van der Waals surface area contributed by atoms with Gasteiger partial charge in [0, 0.05) is 27.2 Å². The van der Waals surface area contributed by atoms with Crippen molar-refractivity contribution < 1.29 is 213 Å². The molecule has 7 saturated heterocycles. The van der Waals surface area contributed by atoms with Crippen LogP contribution in [0, 0.1) is 0 Å². The maximum Gasteiger partial charge on any atom is 0.364 e. The number of aliphatic hydroxyl groups is 24. The van der Waals surface area contributed by atoms with Gasteiger partial charge in [0.1, 0.15) is 183 Å². The monoisotopic (exact) mass is 1510 g/mol. The molecule has 46 nitrogen and oxygen atoms in total. The first-order valence-electron chi connectivity index (χ1n) is 32.5. The lowest BCUT2D eigenvalue weighted by Gasteiger charge is -2.51. The molecule has 7 heterocycles. The van der Waals surface area contributed by atoms with Crippen LogP contribution >= 0.6 is 0 Å². The first-order chi connectivity index (χ1) is 48.4. The van der Waals surface area contributed by atoms with Crippen LogP contribution < -0.4 is 16.0 Å². The molecule has 3 amide bonds. The molecule has 0 aliphatic carbocycles. The summed E-state index contributed by atoms with van der Waals surface area (Å²) in [7, 11) is 0. The van der Waals surface area contributed by atoms with Crippen molar-refractivity contribution in [1.29, 1.82) is 0 Å². The van der Waals surface area contributed by atoms with Gasteiger partial charge in [-0.3, -0.25) is 14.4 Å². The Morgan fingerprint density at radius 3 is 1.47 bits per heavy atom. The zero-order valence-corrected chi connectivity index (χ0v) is 55.4. The lowest BCUT2D eigenvalue weighted by molar-refractivity contribution is -0.391. The number of aliphatic hydroxyl groups excluding tert-OH is 24. The quantitative estimate of drug-likeness (QED) is 0.0306. The maximum atomic E-state index is 13.5. The number of aliphatic carboxylic acids is 1. The number of amides is 3. The van der Waals surface area contributed by atoms with Crippen LogP contribution in [0.5, 0.6) is 0 Å². The second kappa shape index (κ2) is 37.7. The van der Waals surface area contributed by atoms with Crippen LogP contribution in [-0.2, 0) is 85.5 Å². The molecule has 46 heteroatoms. The predicted molar refractivity (Wildman–Crippen MR) is 317 cm³/mol. The second-order valence-electron chi connectivity index (χ2n) is 25.8. The van der Waals surface area contributed by atoms with E-state index in [1.54, 1.807) is 0 Å². The zero-order chi connectivity index (χ0) is 76.7. The highest BCUT2D eigenvalue weighted by Crippen LogP contribution is 2.40. The van der Waals surface area contributed by atoms with Gasteiger partial charge in [0.2, 0.25) is 17.7 Å². The summed E-state index contributed by atoms with van der Waals surface area (Å²) in [4.78, 5) is 52.1. The van der Waals surface area contributed by atoms with Crippen molar-refractivity contribution >= 4 is 23.7 Å². The van der Waals surface area contributed by atoms with E-state index in [9.17, 15) is 147 Å². The number of nitrogens with one attached hydrogen (secondary N) is 3. The molecule has 598 valence electrons. The molecule has 0 spiro atoms. The van der Waals surface area contributed by atoms with Crippen LogP contribution in [-0.4, -0.2) is 449 Å². The van der Waals surface area contributed by atoms with E-state index in [1.807, 2.05) is 0 Å². The molecule has 7 fully saturated rings. The molecule has 103 heavy (non-hydrogen) atoms. The average Bonchev–Trinajstić information content (AvgIpc) is 0.767. The molecule has 40 atom stereocenters. The van der Waals surface area contributed by atoms with Crippen molar-refractivity contribution in [2.24, 2.45) is 0 Å². The average molecular weight is 1510 g/mol. The summed E-state index contributed by atoms with van der Waals surface area (Å²) in [5.41, 5.74) is 0. The molecule has 0 saturated carbocycles. The second-order valence-corrected chi connectivity index (χ2v) is 25.8. The van der Waals surface area contributed by atoms with E-state index in [4.69, 9.17) is 66.3 Å². The summed E-state index contributed by atoms with van der Waals surface area (Å²) in [6.07, 6.45) is -78.8. The Morgan fingerprint density at radius 1 is 0.437 bits per heavy atom. The Labute approximate surface area is 583 Å². The topological polar surface area (TPSA) is 739 Å². The molecular formula is C57H97N3O43. The fraction of sp³-hybridized carbons (Fsp3) is 0.930. The fourth-order valence-corrected chi connectivity index (χ4v) is 12.7. The van der Waals surface area contributed by atoms with Gasteiger partial charge in [0.05, 0.1) is 71.1 Å². The minimum absolute atomic E-state index is 0.843. The first kappa shape index (κ1) is 86.6. The zero-order valence-electron chi connectivity index (χ0n) is 55.4. The number of rotatable bonds is 31. The summed E-state index contributed by atoms with van der Waals surface area (Å²) in [5, 5.41) is 280. The van der Waals surface area contributed by atoms with E-state index < -0.39 is 328 Å². The van der Waals surface area contributed by atoms with Gasteiger partial charge in [0.15, 0.2) is 37.7 Å². The molecule has 0 aromatic heterocycles. The summed E-state index contributed by atoms with van der Waals surface area (Å²) in [5.74, 6) is -8.33. The Hall–Kier alpha value is -3.64. The minimum Gasteiger partial charge on any atom is -0.477 e. The third-order valence-electron chi connectivity index (χ3n) is 18.4. The maximum absolute atomic E-state index is 13.5. The predicted octanol–water partition coefficient (Wildman–Crippen LogP) is -18.2. The number of carboxylic acid groups (broad SMARTS) is 1. The lowest BCUT2D eigenvalue weighted by atomic mass is 9.88. The molecule has 0 unspecified atom stereocenters. The molecular weight excluding hydrogens is 1410 g/mol. The van der Waals surface area contributed by atoms with Gasteiger partial charge >= 0.3 is 5.97 Å². The highest BCUT2D eigenvalue weighted by Gasteiger charge is 2.61. The largest absolute Gasteiger partial charge is 0.477 e. The summed E-state index contributed by atoms with van der Waals surface area (Å²) in [6.45, 7) is -5.58. The fourth-order valence-electron chi connectivity index (χ4n) is 12.7. The van der Waals surface area contributed by atoms with Crippen molar-refractivity contribution in [3.63, 3.8) is 0 Å². The highest BCUT2D eigenvalue weighted by atomic mass is 16.8. The smallest absolute Gasteiger partial charge is 0.364 e. The third kappa shape index (κ3) is 19.7. The van der Waals surface area contributed by atoms with Crippen LogP contribution in [0.3, 0.4) is 0 Å². The van der Waals surface area contributed by atoms with Crippen molar-refractivity contribution in [2.45, 2.75) is 279 Å². The van der Waals surface area contributed by atoms with Crippen molar-refractivity contribution in [2.75, 3.05) is 52.9 Å². The molecule has 0 aromatic carbocycles. The van der Waals surface area contributed by atoms with Gasteiger partial charge in [-0.05, 0) is 6.92 Å². The van der Waals surface area contributed by atoms with Crippen LogP contribution in [0.2, 0.25) is 0 Å². The van der Waals surface area contributed by atoms with Crippen LogP contribution in [0.1, 0.15) is 34.1 Å². The van der Waals surface area contributed by atoms with Crippen molar-refractivity contribution in [3.05, 3.63) is 0 Å². The van der Waals surface area contributed by atoms with Crippen LogP contribution in [0.25, 0.3) is 0 Å². The molecule has 7 rings (SSSR count). The Balaban J connectivity index is 1.32. The number of ether oxygens (including phenoxy) is 14. The normalized spacial score (nSPS) is 45.1. The van der Waals surface area contributed by atoms with E-state index in [-0.39, 0.29) is 0 Å². The Morgan fingerprint density at radius 2 is 0.903 bits per heavy atom. The Kier molecular flexibility index (Phi) is 31.7. The van der Waals surface area contributed by atoms with E-state index in [1.165, 1.54) is 6.92 Å². The minimum atomic E-state index is -3.27. The number of carboxylic acids is 1. The molecule has 0 bridgehead atoms. The van der Waals surface area contributed by atoms with Gasteiger partial charge < -0.3 is 210 Å². The van der Waals surface area contributed by atoms with Crippen molar-refractivity contribution in [1.82, 2.24) is 16.0 Å². The number of carbonyl (C=O) groups is 4. The highest BCUT2D eigenvalue weighted by molar-refractivity contribution is 5.77. The molecule has 0 radical (unpaired) electrons. The molecule has 7 aliphatic heterocycles. The molecule has 0 aromatic rings. The van der Waals surface area contributed by atoms with Gasteiger partial charge in [-0.15, -0.1) is 0 Å². The van der Waals surface area contributed by atoms with Crippen molar-refractivity contribution in [3.8, 4) is 0 Å². The van der Waals surface area contributed by atoms with Gasteiger partial charge in [-0.1, -0.05) is 0 Å². The molecule has 7 aliphatic rings. The number of hydrogen-bond donors (Lipinski definition) is 28. The van der Waals surface area contributed by atoms with Gasteiger partial charge in [-0.2, -0.15) is 0 Å². The van der Waals surface area contributed by atoms with E-state index in [2.05, 4.69) is 16.0 Å². The van der Waals surface area contributed by atoms with E-state index in [0.29, 0.717) is 0 Å². The molecule has 28 N–H and O–H groups in total. The SMILES string of the molecule is CC(=O)N[C@H]1[C@H](OC[C@H]2O[C@@H](O[C@@H]([C@H](O)[C@@H](O)CO)[C@H](O)CO)[C@H](O)[C@@H](O[C@@H]3O[C@H](CO[C@]4(C(=O)O)C[C@H](O)[C@@H](NC(C)=O)[C@H]([C@H](O)[C@H](O)CO)O4)[C@@H](O)[C@H](O[C@@H]4O[C@H](CO)[C@H](O)[C@H](O)[C@H]4O[C@@H]4O[C@@H](C)[C@@H](O)[C@@H](O)[C@@H]4O)[C@H]3NC(C)=O)[C@H]2O)O[C@H](CO)[C@@H](O[C@@H]2O[C@H](CO)[C@H](O)[C@H](O)[C@H]2O)[C@@H]1O. The third-order valence-corrected chi connectivity index (χ3v) is 18.4. The van der Waals surface area contributed by atoms with Gasteiger partial charge in [0.25, 0.3) is 5.79 Å². The number of carbonyl (C=O) groups excluding carboxylic acids is 3. The van der Waals surface area contributed by atoms with Gasteiger partial charge in [-0.25, -0.2) is 4.79 Å². The van der Waals surface area contributed by atoms with E-state index in [0.717, 1.165) is 20.8 Å². The number of hydrogen-bond acceptors (Lipinski definition) is 42.